The molecule has 0 aliphatic heterocycles. The van der Waals surface area contributed by atoms with Crippen molar-refractivity contribution in [1.29, 1.82) is 0 Å². The van der Waals surface area contributed by atoms with Gasteiger partial charge in [-0.3, -0.25) is 4.79 Å². The lowest BCUT2D eigenvalue weighted by Gasteiger charge is -2.02. The standard InChI is InChI=1S/C21H18ClN3O3/c1-12-4-3-5-16-13(2)18(27-17(12)16)20-24-25-21(28-20)19(26)23-11-10-14-6-8-15(22)9-7-14/h3-9H,10-11H2,1-2H3,(H,23,26). The van der Waals surface area contributed by atoms with Crippen LogP contribution >= 0.6 is 11.6 Å². The van der Waals surface area contributed by atoms with Gasteiger partial charge in [-0.2, -0.15) is 0 Å². The molecule has 0 spiro atoms. The highest BCUT2D eigenvalue weighted by atomic mass is 35.5. The molecule has 6 nitrogen and oxygen atoms in total. The van der Waals surface area contributed by atoms with Crippen molar-refractivity contribution in [3.63, 3.8) is 0 Å². The monoisotopic (exact) mass is 395 g/mol. The third kappa shape index (κ3) is 3.51. The lowest BCUT2D eigenvalue weighted by molar-refractivity contribution is 0.0920. The summed E-state index contributed by atoms with van der Waals surface area (Å²) in [7, 11) is 0. The molecule has 1 N–H and O–H groups in total. The zero-order valence-electron chi connectivity index (χ0n) is 15.5. The van der Waals surface area contributed by atoms with Crippen LogP contribution in [0.3, 0.4) is 0 Å². The summed E-state index contributed by atoms with van der Waals surface area (Å²) in [6.07, 6.45) is 0.672. The minimum absolute atomic E-state index is 0.0947. The van der Waals surface area contributed by atoms with Crippen molar-refractivity contribution >= 4 is 28.5 Å². The summed E-state index contributed by atoms with van der Waals surface area (Å²) in [5.74, 6) is 0.160. The van der Waals surface area contributed by atoms with E-state index in [4.69, 9.17) is 20.4 Å². The molecule has 0 bridgehead atoms. The highest BCUT2D eigenvalue weighted by Crippen LogP contribution is 2.33. The molecule has 4 aromatic rings. The lowest BCUT2D eigenvalue weighted by Crippen LogP contribution is -2.26. The Morgan fingerprint density at radius 1 is 1.07 bits per heavy atom. The number of fused-ring (bicyclic) bond motifs is 1. The first-order valence-electron chi connectivity index (χ1n) is 8.88. The Balaban J connectivity index is 1.47. The number of para-hydroxylation sites is 1. The maximum absolute atomic E-state index is 12.3. The van der Waals surface area contributed by atoms with Crippen LogP contribution in [-0.2, 0) is 6.42 Å². The van der Waals surface area contributed by atoms with E-state index in [9.17, 15) is 4.79 Å². The largest absolute Gasteiger partial charge is 0.450 e. The van der Waals surface area contributed by atoms with E-state index in [1.165, 1.54) is 0 Å². The van der Waals surface area contributed by atoms with E-state index in [-0.39, 0.29) is 11.8 Å². The number of halogens is 1. The molecule has 0 aliphatic carbocycles. The molecule has 0 radical (unpaired) electrons. The topological polar surface area (TPSA) is 81.2 Å². The minimum Gasteiger partial charge on any atom is -0.450 e. The fourth-order valence-corrected chi connectivity index (χ4v) is 3.17. The number of amides is 1. The van der Waals surface area contributed by atoms with Gasteiger partial charge in [0.25, 0.3) is 5.89 Å². The van der Waals surface area contributed by atoms with Crippen LogP contribution in [-0.4, -0.2) is 22.6 Å². The second-order valence-corrected chi connectivity index (χ2v) is 6.99. The smallest absolute Gasteiger partial charge is 0.308 e. The molecule has 2 heterocycles. The van der Waals surface area contributed by atoms with Crippen LogP contribution in [0.5, 0.6) is 0 Å². The molecule has 0 unspecified atom stereocenters. The third-order valence-corrected chi connectivity index (χ3v) is 4.84. The van der Waals surface area contributed by atoms with Gasteiger partial charge in [0.15, 0.2) is 5.76 Å². The number of carbonyl (C=O) groups excluding carboxylic acids is 1. The molecular formula is C21H18ClN3O3. The van der Waals surface area contributed by atoms with Crippen molar-refractivity contribution in [1.82, 2.24) is 15.5 Å². The first-order valence-corrected chi connectivity index (χ1v) is 9.26. The Morgan fingerprint density at radius 2 is 1.86 bits per heavy atom. The normalized spacial score (nSPS) is 11.1. The Hall–Kier alpha value is -3.12. The van der Waals surface area contributed by atoms with Crippen molar-refractivity contribution in [2.75, 3.05) is 6.54 Å². The Kier molecular flexibility index (Phi) is 4.88. The molecular weight excluding hydrogens is 378 g/mol. The van der Waals surface area contributed by atoms with E-state index in [1.54, 1.807) is 0 Å². The molecule has 4 rings (SSSR count). The van der Waals surface area contributed by atoms with Gasteiger partial charge in [0.1, 0.15) is 5.58 Å². The summed E-state index contributed by atoms with van der Waals surface area (Å²) in [6, 6.07) is 13.4. The molecule has 0 atom stereocenters. The van der Waals surface area contributed by atoms with Gasteiger partial charge in [-0.05, 0) is 43.5 Å². The maximum Gasteiger partial charge on any atom is 0.308 e. The number of furan rings is 1. The SMILES string of the molecule is Cc1c(-c2nnc(C(=O)NCCc3ccc(Cl)cc3)o2)oc2c(C)cccc12. The molecule has 0 aliphatic rings. The Bertz CT molecular complexity index is 1150. The van der Waals surface area contributed by atoms with Gasteiger partial charge in [-0.1, -0.05) is 41.9 Å². The molecule has 1 amide bonds. The van der Waals surface area contributed by atoms with E-state index in [0.717, 1.165) is 27.7 Å². The van der Waals surface area contributed by atoms with E-state index in [2.05, 4.69) is 15.5 Å². The second-order valence-electron chi connectivity index (χ2n) is 6.55. The molecule has 0 saturated heterocycles. The average molecular weight is 396 g/mol. The predicted octanol–water partition coefficient (Wildman–Crippen LogP) is 4.73. The Labute approximate surface area is 166 Å². The fourth-order valence-electron chi connectivity index (χ4n) is 3.04. The fraction of sp³-hybridized carbons (Fsp3) is 0.190. The number of nitrogens with zero attached hydrogens (tertiary/aromatic N) is 2. The van der Waals surface area contributed by atoms with Gasteiger partial charge in [0.2, 0.25) is 0 Å². The van der Waals surface area contributed by atoms with Crippen molar-refractivity contribution in [3.05, 3.63) is 70.1 Å². The van der Waals surface area contributed by atoms with Gasteiger partial charge in [0.05, 0.1) is 0 Å². The van der Waals surface area contributed by atoms with Crippen LogP contribution in [0, 0.1) is 13.8 Å². The molecule has 28 heavy (non-hydrogen) atoms. The van der Waals surface area contributed by atoms with Crippen molar-refractivity contribution in [3.8, 4) is 11.7 Å². The predicted molar refractivity (Wildman–Crippen MR) is 106 cm³/mol. The Morgan fingerprint density at radius 3 is 2.61 bits per heavy atom. The number of rotatable bonds is 5. The molecule has 7 heteroatoms. The maximum atomic E-state index is 12.3. The van der Waals surface area contributed by atoms with Crippen LogP contribution in [0.1, 0.15) is 27.4 Å². The van der Waals surface area contributed by atoms with Crippen LogP contribution in [0.15, 0.2) is 51.3 Å². The van der Waals surface area contributed by atoms with Crippen LogP contribution in [0.4, 0.5) is 0 Å². The van der Waals surface area contributed by atoms with Crippen molar-refractivity contribution in [2.45, 2.75) is 20.3 Å². The van der Waals surface area contributed by atoms with Gasteiger partial charge in [-0.15, -0.1) is 10.2 Å². The highest BCUT2D eigenvalue weighted by Gasteiger charge is 2.21. The van der Waals surface area contributed by atoms with Crippen molar-refractivity contribution in [2.24, 2.45) is 0 Å². The molecule has 142 valence electrons. The summed E-state index contributed by atoms with van der Waals surface area (Å²) < 4.78 is 11.5. The third-order valence-electron chi connectivity index (χ3n) is 4.59. The van der Waals surface area contributed by atoms with Gasteiger partial charge >= 0.3 is 11.8 Å². The zero-order chi connectivity index (χ0) is 19.7. The molecule has 0 saturated carbocycles. The number of aromatic nitrogens is 2. The summed E-state index contributed by atoms with van der Waals surface area (Å²) >= 11 is 5.87. The summed E-state index contributed by atoms with van der Waals surface area (Å²) in [5.41, 5.74) is 3.77. The lowest BCUT2D eigenvalue weighted by atomic mass is 10.1. The van der Waals surface area contributed by atoms with E-state index < -0.39 is 5.91 Å². The van der Waals surface area contributed by atoms with Crippen LogP contribution < -0.4 is 5.32 Å². The number of benzene rings is 2. The number of hydrogen-bond acceptors (Lipinski definition) is 5. The van der Waals surface area contributed by atoms with Gasteiger partial charge in [0, 0.05) is 22.5 Å². The summed E-state index contributed by atoms with van der Waals surface area (Å²) in [4.78, 5) is 12.3. The number of aryl methyl sites for hydroxylation is 2. The number of carbonyl (C=O) groups is 1. The minimum atomic E-state index is -0.419. The van der Waals surface area contributed by atoms with Gasteiger partial charge < -0.3 is 14.2 Å². The number of nitrogens with one attached hydrogen (secondary N) is 1. The quantitative estimate of drug-likeness (QED) is 0.528. The molecule has 2 aromatic heterocycles. The molecule has 0 fully saturated rings. The average Bonchev–Trinajstić information content (AvgIpc) is 3.29. The highest BCUT2D eigenvalue weighted by molar-refractivity contribution is 6.30. The first kappa shape index (κ1) is 18.3. The second kappa shape index (κ2) is 7.48. The first-order chi connectivity index (χ1) is 13.5. The summed E-state index contributed by atoms with van der Waals surface area (Å²) in [6.45, 7) is 4.35. The van der Waals surface area contributed by atoms with E-state index >= 15 is 0 Å². The van der Waals surface area contributed by atoms with E-state index in [0.29, 0.717) is 23.7 Å². The number of hydrogen-bond donors (Lipinski definition) is 1. The van der Waals surface area contributed by atoms with Crippen molar-refractivity contribution < 1.29 is 13.6 Å². The van der Waals surface area contributed by atoms with Crippen LogP contribution in [0.25, 0.3) is 22.6 Å². The summed E-state index contributed by atoms with van der Waals surface area (Å²) in [5, 5.41) is 12.3. The van der Waals surface area contributed by atoms with E-state index in [1.807, 2.05) is 56.3 Å². The zero-order valence-corrected chi connectivity index (χ0v) is 16.2. The van der Waals surface area contributed by atoms with Crippen LogP contribution in [0.2, 0.25) is 5.02 Å². The molecule has 2 aromatic carbocycles. The van der Waals surface area contributed by atoms with Gasteiger partial charge in [-0.25, -0.2) is 0 Å².